The van der Waals surface area contributed by atoms with Gasteiger partial charge in [-0.2, -0.15) is 0 Å². The summed E-state index contributed by atoms with van der Waals surface area (Å²) in [5.74, 6) is -1.61. The van der Waals surface area contributed by atoms with Gasteiger partial charge in [0.05, 0.1) is 17.1 Å². The molecule has 0 bridgehead atoms. The minimum Gasteiger partial charge on any atom is -0.495 e. The van der Waals surface area contributed by atoms with Gasteiger partial charge >= 0.3 is 5.97 Å². The number of benzene rings is 2. The molecule has 28 heavy (non-hydrogen) atoms. The topological polar surface area (TPSA) is 125 Å². The molecule has 146 valence electrons. The molecule has 9 nitrogen and oxygen atoms in total. The molecule has 0 spiro atoms. The molecule has 0 fully saturated rings. The van der Waals surface area contributed by atoms with Crippen molar-refractivity contribution in [1.29, 1.82) is 0 Å². The third-order valence-electron chi connectivity index (χ3n) is 3.55. The van der Waals surface area contributed by atoms with Crippen LogP contribution in [0.4, 0.5) is 5.69 Å². The predicted molar refractivity (Wildman–Crippen MR) is 98.7 cm³/mol. The molecule has 1 amide bonds. The summed E-state index contributed by atoms with van der Waals surface area (Å²) in [6.45, 7) is -1.04. The van der Waals surface area contributed by atoms with E-state index in [2.05, 4.69) is 5.32 Å². The van der Waals surface area contributed by atoms with Gasteiger partial charge in [-0.15, -0.1) is 0 Å². The summed E-state index contributed by atoms with van der Waals surface area (Å²) in [6, 6.07) is 9.41. The minimum absolute atomic E-state index is 0.0194. The number of Topliss-reactive ketones (excluding diaryl/α,β-unsaturated/α-hetero) is 1. The van der Waals surface area contributed by atoms with Crippen molar-refractivity contribution >= 4 is 34.9 Å². The number of esters is 1. The largest absolute Gasteiger partial charge is 0.495 e. The van der Waals surface area contributed by atoms with Crippen LogP contribution in [0.3, 0.4) is 0 Å². The number of amides is 1. The molecule has 0 unspecified atom stereocenters. The molecule has 2 rings (SSSR count). The molecule has 2 aromatic rings. The first-order valence-electron chi connectivity index (χ1n) is 7.87. The van der Waals surface area contributed by atoms with E-state index in [0.717, 1.165) is 6.07 Å². The van der Waals surface area contributed by atoms with E-state index in [9.17, 15) is 24.5 Å². The predicted octanol–water partition coefficient (Wildman–Crippen LogP) is 2.41. The third-order valence-corrected chi connectivity index (χ3v) is 3.85. The smallest absolute Gasteiger partial charge is 0.325 e. The average Bonchev–Trinajstić information content (AvgIpc) is 2.70. The number of ketones is 1. The van der Waals surface area contributed by atoms with E-state index in [1.165, 1.54) is 43.5 Å². The second kappa shape index (κ2) is 9.47. The summed E-state index contributed by atoms with van der Waals surface area (Å²) in [5, 5.41) is 13.2. The molecule has 0 atom stereocenters. The number of rotatable bonds is 8. The fraction of sp³-hybridized carbons (Fsp3) is 0.167. The van der Waals surface area contributed by atoms with E-state index in [1.54, 1.807) is 0 Å². The van der Waals surface area contributed by atoms with Gasteiger partial charge in [0.15, 0.2) is 12.4 Å². The number of non-ortho nitro benzene ring substituents is 1. The zero-order chi connectivity index (χ0) is 20.7. The first kappa shape index (κ1) is 20.8. The molecular weight excluding hydrogens is 392 g/mol. The summed E-state index contributed by atoms with van der Waals surface area (Å²) in [4.78, 5) is 45.8. The van der Waals surface area contributed by atoms with E-state index >= 15 is 0 Å². The quantitative estimate of drug-likeness (QED) is 0.309. The van der Waals surface area contributed by atoms with Crippen molar-refractivity contribution < 1.29 is 28.8 Å². The van der Waals surface area contributed by atoms with Crippen LogP contribution in [0.5, 0.6) is 5.75 Å². The fourth-order valence-corrected chi connectivity index (χ4v) is 2.39. The fourth-order valence-electron chi connectivity index (χ4n) is 2.14. The number of ether oxygens (including phenoxy) is 2. The van der Waals surface area contributed by atoms with Gasteiger partial charge in [0.2, 0.25) is 0 Å². The van der Waals surface area contributed by atoms with Gasteiger partial charge in [-0.05, 0) is 24.3 Å². The van der Waals surface area contributed by atoms with E-state index in [4.69, 9.17) is 21.1 Å². The maximum Gasteiger partial charge on any atom is 0.325 e. The van der Waals surface area contributed by atoms with Crippen LogP contribution in [0.25, 0.3) is 0 Å². The van der Waals surface area contributed by atoms with E-state index < -0.39 is 35.7 Å². The Hall–Kier alpha value is -3.46. The van der Waals surface area contributed by atoms with Crippen LogP contribution >= 0.6 is 11.6 Å². The van der Waals surface area contributed by atoms with Gasteiger partial charge in [0, 0.05) is 23.3 Å². The standard InChI is InChI=1S/C18H15ClN2O7/c1-27-16-6-5-11(8-14(16)19)15(22)10-28-17(23)9-20-18(24)12-3-2-4-13(7-12)21(25)26/h2-8H,9-10H2,1H3,(H,20,24). The molecule has 1 N–H and O–H groups in total. The number of methoxy groups -OCH3 is 1. The van der Waals surface area contributed by atoms with Crippen LogP contribution in [-0.2, 0) is 9.53 Å². The number of carbonyl (C=O) groups excluding carboxylic acids is 3. The summed E-state index contributed by atoms with van der Waals surface area (Å²) in [7, 11) is 1.44. The highest BCUT2D eigenvalue weighted by molar-refractivity contribution is 6.32. The maximum atomic E-state index is 12.0. The van der Waals surface area contributed by atoms with Crippen molar-refractivity contribution in [1.82, 2.24) is 5.32 Å². The molecule has 10 heteroatoms. The molecule has 0 saturated carbocycles. The maximum absolute atomic E-state index is 12.0. The van der Waals surface area contributed by atoms with Gasteiger partial charge in [-0.1, -0.05) is 17.7 Å². The van der Waals surface area contributed by atoms with E-state index in [1.807, 2.05) is 0 Å². The lowest BCUT2D eigenvalue weighted by molar-refractivity contribution is -0.384. The average molecular weight is 407 g/mol. The second-order valence-corrected chi connectivity index (χ2v) is 5.83. The van der Waals surface area contributed by atoms with Gasteiger partial charge in [0.1, 0.15) is 12.3 Å². The number of nitro benzene ring substituents is 1. The SMILES string of the molecule is COc1ccc(C(=O)COC(=O)CNC(=O)c2cccc([N+](=O)[O-])c2)cc1Cl. The summed E-state index contributed by atoms with van der Waals surface area (Å²) >= 11 is 5.94. The molecule has 0 saturated heterocycles. The van der Waals surface area contributed by atoms with Gasteiger partial charge < -0.3 is 14.8 Å². The van der Waals surface area contributed by atoms with Crippen molar-refractivity contribution in [2.75, 3.05) is 20.3 Å². The number of nitro groups is 1. The molecule has 0 aliphatic carbocycles. The molecule has 2 aromatic carbocycles. The highest BCUT2D eigenvalue weighted by Crippen LogP contribution is 2.25. The number of nitrogens with one attached hydrogen (secondary N) is 1. The van der Waals surface area contributed by atoms with E-state index in [-0.39, 0.29) is 21.8 Å². The lowest BCUT2D eigenvalue weighted by atomic mass is 10.1. The highest BCUT2D eigenvalue weighted by Gasteiger charge is 2.15. The molecule has 0 aliphatic rings. The second-order valence-electron chi connectivity index (χ2n) is 5.42. The van der Waals surface area contributed by atoms with Crippen LogP contribution in [0.2, 0.25) is 5.02 Å². The normalized spacial score (nSPS) is 10.1. The Bertz CT molecular complexity index is 930. The Balaban J connectivity index is 1.84. The van der Waals surface area contributed by atoms with Crippen LogP contribution in [-0.4, -0.2) is 42.8 Å². The van der Waals surface area contributed by atoms with Crippen molar-refractivity contribution in [2.24, 2.45) is 0 Å². The van der Waals surface area contributed by atoms with Gasteiger partial charge in [-0.3, -0.25) is 24.5 Å². The molecular formula is C18H15ClN2O7. The van der Waals surface area contributed by atoms with Crippen LogP contribution in [0, 0.1) is 10.1 Å². The first-order chi connectivity index (χ1) is 13.3. The summed E-state index contributed by atoms with van der Waals surface area (Å²) in [6.07, 6.45) is 0. The van der Waals surface area contributed by atoms with Crippen LogP contribution in [0.1, 0.15) is 20.7 Å². The van der Waals surface area contributed by atoms with Crippen molar-refractivity contribution in [2.45, 2.75) is 0 Å². The number of carbonyl (C=O) groups is 3. The number of hydrogen-bond acceptors (Lipinski definition) is 7. The zero-order valence-corrected chi connectivity index (χ0v) is 15.4. The Labute approximate surface area is 164 Å². The van der Waals surface area contributed by atoms with Crippen molar-refractivity contribution in [3.8, 4) is 5.75 Å². The van der Waals surface area contributed by atoms with Gasteiger partial charge in [-0.25, -0.2) is 0 Å². The molecule has 0 aliphatic heterocycles. The van der Waals surface area contributed by atoms with Crippen LogP contribution in [0.15, 0.2) is 42.5 Å². The Morgan fingerprint density at radius 1 is 1.14 bits per heavy atom. The van der Waals surface area contributed by atoms with Crippen molar-refractivity contribution in [3.05, 3.63) is 68.7 Å². The van der Waals surface area contributed by atoms with Crippen molar-refractivity contribution in [3.63, 3.8) is 0 Å². The zero-order valence-electron chi connectivity index (χ0n) is 14.6. The Morgan fingerprint density at radius 3 is 2.54 bits per heavy atom. The third kappa shape index (κ3) is 5.52. The Kier molecular flexibility index (Phi) is 7.05. The van der Waals surface area contributed by atoms with E-state index in [0.29, 0.717) is 5.75 Å². The summed E-state index contributed by atoms with van der Waals surface area (Å²) in [5.41, 5.74) is 0.00385. The molecule has 0 radical (unpaired) electrons. The molecule has 0 heterocycles. The highest BCUT2D eigenvalue weighted by atomic mass is 35.5. The number of hydrogen-bond donors (Lipinski definition) is 1. The summed E-state index contributed by atoms with van der Waals surface area (Å²) < 4.78 is 9.80. The molecule has 0 aromatic heterocycles. The Morgan fingerprint density at radius 2 is 1.89 bits per heavy atom. The first-order valence-corrected chi connectivity index (χ1v) is 8.24. The minimum atomic E-state index is -0.841. The monoisotopic (exact) mass is 406 g/mol. The number of nitrogens with zero attached hydrogens (tertiary/aromatic N) is 1. The van der Waals surface area contributed by atoms with Crippen LogP contribution < -0.4 is 10.1 Å². The van der Waals surface area contributed by atoms with Gasteiger partial charge in [0.25, 0.3) is 11.6 Å². The number of halogens is 1. The lowest BCUT2D eigenvalue weighted by Gasteiger charge is -2.08. The lowest BCUT2D eigenvalue weighted by Crippen LogP contribution is -2.31.